The fourth-order valence-corrected chi connectivity index (χ4v) is 2.70. The maximum Gasteiger partial charge on any atom is 0.127 e. The molecule has 0 unspecified atom stereocenters. The van der Waals surface area contributed by atoms with Crippen molar-refractivity contribution in [2.75, 3.05) is 0 Å². The Hall–Kier alpha value is -1.11. The molecule has 1 heteroatoms. The average molecular weight is 246 g/mol. The van der Waals surface area contributed by atoms with Crippen LogP contribution in [0.2, 0.25) is 0 Å². The Bertz CT molecular complexity index is 418. The molecule has 0 saturated carbocycles. The van der Waals surface area contributed by atoms with Gasteiger partial charge >= 0.3 is 0 Å². The maximum absolute atomic E-state index is 13.6. The van der Waals surface area contributed by atoms with E-state index >= 15 is 0 Å². The molecule has 0 saturated heterocycles. The zero-order valence-electron chi connectivity index (χ0n) is 11.3. The van der Waals surface area contributed by atoms with E-state index in [1.54, 1.807) is 6.07 Å². The normalized spacial score (nSPS) is 14.2. The molecule has 0 atom stereocenters. The third-order valence-electron chi connectivity index (χ3n) is 3.81. The highest BCUT2D eigenvalue weighted by Gasteiger charge is 2.13. The van der Waals surface area contributed by atoms with E-state index in [2.05, 4.69) is 13.0 Å². The van der Waals surface area contributed by atoms with Crippen molar-refractivity contribution >= 4 is 6.08 Å². The first-order valence-electron chi connectivity index (χ1n) is 7.28. The fourth-order valence-electron chi connectivity index (χ4n) is 2.70. The summed E-state index contributed by atoms with van der Waals surface area (Å²) in [4.78, 5) is 0. The number of hydrogen-bond acceptors (Lipinski definition) is 0. The summed E-state index contributed by atoms with van der Waals surface area (Å²) in [6, 6.07) is 5.42. The minimum absolute atomic E-state index is 0.0363. The summed E-state index contributed by atoms with van der Waals surface area (Å²) in [5.41, 5.74) is 3.52. The first-order chi connectivity index (χ1) is 8.81. The summed E-state index contributed by atoms with van der Waals surface area (Å²) in [5, 5.41) is 0. The highest BCUT2D eigenvalue weighted by atomic mass is 19.1. The van der Waals surface area contributed by atoms with Gasteiger partial charge in [-0.05, 0) is 42.9 Å². The molecule has 1 aliphatic carbocycles. The molecule has 0 N–H and O–H groups in total. The summed E-state index contributed by atoms with van der Waals surface area (Å²) in [6.07, 6.45) is 12.0. The van der Waals surface area contributed by atoms with Gasteiger partial charge in [0.2, 0.25) is 0 Å². The van der Waals surface area contributed by atoms with Gasteiger partial charge in [0.25, 0.3) is 0 Å². The molecule has 1 aromatic rings. The van der Waals surface area contributed by atoms with E-state index < -0.39 is 0 Å². The summed E-state index contributed by atoms with van der Waals surface area (Å²) in [6.45, 7) is 2.25. The number of allylic oxidation sites excluding steroid dienone is 1. The summed E-state index contributed by atoms with van der Waals surface area (Å²) in [5.74, 6) is -0.0363. The van der Waals surface area contributed by atoms with E-state index in [9.17, 15) is 4.39 Å². The highest BCUT2D eigenvalue weighted by molar-refractivity contribution is 5.59. The molecule has 18 heavy (non-hydrogen) atoms. The lowest BCUT2D eigenvalue weighted by molar-refractivity contribution is 0.599. The average Bonchev–Trinajstić information content (AvgIpc) is 2.39. The Morgan fingerprint density at radius 2 is 1.89 bits per heavy atom. The van der Waals surface area contributed by atoms with Gasteiger partial charge in [-0.3, -0.25) is 0 Å². The zero-order chi connectivity index (χ0) is 12.8. The molecule has 0 aromatic heterocycles. The second-order valence-corrected chi connectivity index (χ2v) is 5.27. The van der Waals surface area contributed by atoms with Gasteiger partial charge < -0.3 is 0 Å². The van der Waals surface area contributed by atoms with Crippen molar-refractivity contribution in [1.29, 1.82) is 0 Å². The molecule has 0 aliphatic heterocycles. The molecule has 0 amide bonds. The first-order valence-corrected chi connectivity index (χ1v) is 7.28. The molecule has 2 rings (SSSR count). The molecule has 1 aromatic carbocycles. The second kappa shape index (κ2) is 6.72. The SMILES string of the molecule is CCCCCCCC1=Cc2cccc(F)c2CC1. The van der Waals surface area contributed by atoms with Gasteiger partial charge in [-0.15, -0.1) is 0 Å². The third-order valence-corrected chi connectivity index (χ3v) is 3.81. The van der Waals surface area contributed by atoms with Crippen molar-refractivity contribution in [1.82, 2.24) is 0 Å². The van der Waals surface area contributed by atoms with Crippen LogP contribution < -0.4 is 0 Å². The van der Waals surface area contributed by atoms with Gasteiger partial charge in [-0.25, -0.2) is 4.39 Å². The summed E-state index contributed by atoms with van der Waals surface area (Å²) >= 11 is 0. The largest absolute Gasteiger partial charge is 0.207 e. The lowest BCUT2D eigenvalue weighted by atomic mass is 9.89. The Morgan fingerprint density at radius 3 is 2.72 bits per heavy atom. The molecule has 0 bridgehead atoms. The van der Waals surface area contributed by atoms with E-state index in [0.29, 0.717) is 0 Å². The van der Waals surface area contributed by atoms with Crippen LogP contribution in [0.5, 0.6) is 0 Å². The van der Waals surface area contributed by atoms with Crippen LogP contribution in [0, 0.1) is 5.82 Å². The molecule has 0 radical (unpaired) electrons. The predicted octanol–water partition coefficient (Wildman–Crippen LogP) is 5.52. The number of rotatable bonds is 6. The van der Waals surface area contributed by atoms with Crippen LogP contribution in [-0.4, -0.2) is 0 Å². The number of hydrogen-bond donors (Lipinski definition) is 0. The first kappa shape index (κ1) is 13.3. The fraction of sp³-hybridized carbons (Fsp3) is 0.529. The molecule has 0 nitrogen and oxygen atoms in total. The van der Waals surface area contributed by atoms with E-state index in [4.69, 9.17) is 0 Å². The van der Waals surface area contributed by atoms with Gasteiger partial charge in [0.1, 0.15) is 5.82 Å². The van der Waals surface area contributed by atoms with E-state index in [1.165, 1.54) is 44.1 Å². The van der Waals surface area contributed by atoms with Crippen molar-refractivity contribution < 1.29 is 4.39 Å². The number of unbranched alkanes of at least 4 members (excludes halogenated alkanes) is 4. The van der Waals surface area contributed by atoms with E-state index in [1.807, 2.05) is 12.1 Å². The van der Waals surface area contributed by atoms with Crippen LogP contribution in [0.1, 0.15) is 63.0 Å². The Balaban J connectivity index is 1.88. The van der Waals surface area contributed by atoms with Gasteiger partial charge in [-0.2, -0.15) is 0 Å². The molecular formula is C17H23F. The van der Waals surface area contributed by atoms with Crippen LogP contribution in [0.4, 0.5) is 4.39 Å². The summed E-state index contributed by atoms with van der Waals surface area (Å²) in [7, 11) is 0. The smallest absolute Gasteiger partial charge is 0.127 e. The third kappa shape index (κ3) is 3.44. The topological polar surface area (TPSA) is 0 Å². The van der Waals surface area contributed by atoms with Crippen molar-refractivity contribution in [3.05, 3.63) is 40.7 Å². The molecule has 0 fully saturated rings. The lowest BCUT2D eigenvalue weighted by Gasteiger charge is -2.17. The van der Waals surface area contributed by atoms with Crippen molar-refractivity contribution in [2.24, 2.45) is 0 Å². The highest BCUT2D eigenvalue weighted by Crippen LogP contribution is 2.28. The number of benzene rings is 1. The monoisotopic (exact) mass is 246 g/mol. The minimum atomic E-state index is -0.0363. The molecule has 0 heterocycles. The van der Waals surface area contributed by atoms with Gasteiger partial charge in [-0.1, -0.05) is 56.4 Å². The predicted molar refractivity (Wildman–Crippen MR) is 76.1 cm³/mol. The van der Waals surface area contributed by atoms with E-state index in [0.717, 1.165) is 24.0 Å². The molecular weight excluding hydrogens is 223 g/mol. The Labute approximate surface area is 110 Å². The Kier molecular flexibility index (Phi) is 4.98. The van der Waals surface area contributed by atoms with E-state index in [-0.39, 0.29) is 5.82 Å². The van der Waals surface area contributed by atoms with Crippen LogP contribution in [0.15, 0.2) is 23.8 Å². The minimum Gasteiger partial charge on any atom is -0.207 e. The van der Waals surface area contributed by atoms with Crippen LogP contribution in [0.25, 0.3) is 6.08 Å². The van der Waals surface area contributed by atoms with Crippen molar-refractivity contribution in [3.8, 4) is 0 Å². The van der Waals surface area contributed by atoms with Crippen LogP contribution in [0.3, 0.4) is 0 Å². The maximum atomic E-state index is 13.6. The van der Waals surface area contributed by atoms with Gasteiger partial charge in [0.05, 0.1) is 0 Å². The second-order valence-electron chi connectivity index (χ2n) is 5.27. The number of fused-ring (bicyclic) bond motifs is 1. The van der Waals surface area contributed by atoms with Gasteiger partial charge in [0, 0.05) is 0 Å². The summed E-state index contributed by atoms with van der Waals surface area (Å²) < 4.78 is 13.6. The van der Waals surface area contributed by atoms with Crippen molar-refractivity contribution in [2.45, 2.75) is 58.3 Å². The Morgan fingerprint density at radius 1 is 1.06 bits per heavy atom. The quantitative estimate of drug-likeness (QED) is 0.580. The van der Waals surface area contributed by atoms with Gasteiger partial charge in [0.15, 0.2) is 0 Å². The van der Waals surface area contributed by atoms with Crippen LogP contribution >= 0.6 is 0 Å². The molecule has 98 valence electrons. The number of halogens is 1. The standard InChI is InChI=1S/C17H23F/c1-2-3-4-5-6-8-14-11-12-16-15(13-14)9-7-10-17(16)18/h7,9-10,13H,2-6,8,11-12H2,1H3. The van der Waals surface area contributed by atoms with Crippen molar-refractivity contribution in [3.63, 3.8) is 0 Å². The lowest BCUT2D eigenvalue weighted by Crippen LogP contribution is -2.02. The van der Waals surface area contributed by atoms with Crippen LogP contribution in [-0.2, 0) is 6.42 Å². The molecule has 1 aliphatic rings. The molecule has 0 spiro atoms. The zero-order valence-corrected chi connectivity index (χ0v) is 11.3.